The van der Waals surface area contributed by atoms with E-state index in [0.717, 1.165) is 5.56 Å². The number of benzene rings is 1. The molecule has 7 nitrogen and oxygen atoms in total. The van der Waals surface area contributed by atoms with Crippen molar-refractivity contribution in [2.75, 3.05) is 13.6 Å². The molecule has 0 aliphatic rings. The molecule has 0 aliphatic heterocycles. The van der Waals surface area contributed by atoms with Crippen LogP contribution in [0.1, 0.15) is 33.9 Å². The summed E-state index contributed by atoms with van der Waals surface area (Å²) >= 11 is 0. The van der Waals surface area contributed by atoms with E-state index < -0.39 is 5.97 Å². The first-order chi connectivity index (χ1) is 12.4. The maximum atomic E-state index is 12.1. The SMILES string of the molecule is Cc1oc(CN(C)C(=O)CCNC(=O)Cc2ccccc2)cc1C(=O)O. The number of carbonyl (C=O) groups excluding carboxylic acids is 2. The molecule has 2 rings (SSSR count). The van der Waals surface area contributed by atoms with Gasteiger partial charge in [0, 0.05) is 20.0 Å². The molecule has 2 amide bonds. The van der Waals surface area contributed by atoms with E-state index in [2.05, 4.69) is 5.32 Å². The molecule has 26 heavy (non-hydrogen) atoms. The lowest BCUT2D eigenvalue weighted by molar-refractivity contribution is -0.130. The Morgan fingerprint density at radius 2 is 1.88 bits per heavy atom. The number of amides is 2. The molecule has 0 atom stereocenters. The van der Waals surface area contributed by atoms with Gasteiger partial charge in [0.2, 0.25) is 11.8 Å². The maximum Gasteiger partial charge on any atom is 0.339 e. The van der Waals surface area contributed by atoms with Crippen molar-refractivity contribution in [3.63, 3.8) is 0 Å². The molecule has 0 radical (unpaired) electrons. The van der Waals surface area contributed by atoms with Crippen molar-refractivity contribution < 1.29 is 23.9 Å². The van der Waals surface area contributed by atoms with Gasteiger partial charge >= 0.3 is 5.97 Å². The summed E-state index contributed by atoms with van der Waals surface area (Å²) in [4.78, 5) is 36.4. The quantitative estimate of drug-likeness (QED) is 0.752. The molecule has 2 N–H and O–H groups in total. The fourth-order valence-electron chi connectivity index (χ4n) is 2.50. The summed E-state index contributed by atoms with van der Waals surface area (Å²) in [5, 5.41) is 11.7. The summed E-state index contributed by atoms with van der Waals surface area (Å²) in [7, 11) is 1.60. The molecule has 0 saturated heterocycles. The Labute approximate surface area is 151 Å². The average molecular weight is 358 g/mol. The van der Waals surface area contributed by atoms with Gasteiger partial charge in [-0.1, -0.05) is 30.3 Å². The first-order valence-electron chi connectivity index (χ1n) is 8.24. The van der Waals surface area contributed by atoms with Gasteiger partial charge in [0.05, 0.1) is 13.0 Å². The van der Waals surface area contributed by atoms with Gasteiger partial charge in [0.1, 0.15) is 17.1 Å². The summed E-state index contributed by atoms with van der Waals surface area (Å²) < 4.78 is 5.36. The molecule has 0 fully saturated rings. The Morgan fingerprint density at radius 3 is 2.50 bits per heavy atom. The molecule has 138 valence electrons. The summed E-state index contributed by atoms with van der Waals surface area (Å²) in [6.45, 7) is 1.98. The first kappa shape index (κ1) is 19.2. The van der Waals surface area contributed by atoms with E-state index in [9.17, 15) is 14.4 Å². The monoisotopic (exact) mass is 358 g/mol. The van der Waals surface area contributed by atoms with E-state index in [1.54, 1.807) is 14.0 Å². The number of nitrogens with one attached hydrogen (secondary N) is 1. The molecule has 7 heteroatoms. The Balaban J connectivity index is 1.76. The molecule has 1 aromatic carbocycles. The Kier molecular flexibility index (Phi) is 6.54. The Hall–Kier alpha value is -3.09. The van der Waals surface area contributed by atoms with Gasteiger partial charge in [0.15, 0.2) is 0 Å². The number of hydrogen-bond donors (Lipinski definition) is 2. The number of nitrogens with zero attached hydrogens (tertiary/aromatic N) is 1. The second-order valence-electron chi connectivity index (χ2n) is 6.00. The van der Waals surface area contributed by atoms with Gasteiger partial charge < -0.3 is 19.7 Å². The van der Waals surface area contributed by atoms with Gasteiger partial charge in [-0.05, 0) is 18.6 Å². The van der Waals surface area contributed by atoms with Crippen LogP contribution in [0.5, 0.6) is 0 Å². The molecular weight excluding hydrogens is 336 g/mol. The van der Waals surface area contributed by atoms with Crippen LogP contribution in [0.3, 0.4) is 0 Å². The molecule has 0 bridgehead atoms. The lowest BCUT2D eigenvalue weighted by Gasteiger charge is -2.16. The van der Waals surface area contributed by atoms with E-state index in [-0.39, 0.29) is 43.3 Å². The van der Waals surface area contributed by atoms with Crippen LogP contribution in [0.4, 0.5) is 0 Å². The number of aromatic carboxylic acids is 1. The third-order valence-corrected chi connectivity index (χ3v) is 3.89. The smallest absolute Gasteiger partial charge is 0.339 e. The van der Waals surface area contributed by atoms with Gasteiger partial charge in [-0.25, -0.2) is 4.79 Å². The highest BCUT2D eigenvalue weighted by Crippen LogP contribution is 2.16. The zero-order valence-electron chi connectivity index (χ0n) is 14.8. The van der Waals surface area contributed by atoms with Crippen molar-refractivity contribution in [3.05, 3.63) is 59.0 Å². The fraction of sp³-hybridized carbons (Fsp3) is 0.316. The van der Waals surface area contributed by atoms with Crippen molar-refractivity contribution >= 4 is 17.8 Å². The van der Waals surface area contributed by atoms with Gasteiger partial charge in [-0.2, -0.15) is 0 Å². The summed E-state index contributed by atoms with van der Waals surface area (Å²) in [5.41, 5.74) is 1.00. The van der Waals surface area contributed by atoms with Crippen LogP contribution >= 0.6 is 0 Å². The summed E-state index contributed by atoms with van der Waals surface area (Å²) in [6, 6.07) is 10.8. The third-order valence-electron chi connectivity index (χ3n) is 3.89. The van der Waals surface area contributed by atoms with Crippen LogP contribution in [0, 0.1) is 6.92 Å². The highest BCUT2D eigenvalue weighted by atomic mass is 16.4. The summed E-state index contributed by atoms with van der Waals surface area (Å²) in [6.07, 6.45) is 0.428. The minimum Gasteiger partial charge on any atom is -0.478 e. The van der Waals surface area contributed by atoms with E-state index in [1.165, 1.54) is 11.0 Å². The van der Waals surface area contributed by atoms with Crippen molar-refractivity contribution in [2.24, 2.45) is 0 Å². The van der Waals surface area contributed by atoms with Gasteiger partial charge in [-0.3, -0.25) is 9.59 Å². The number of rotatable bonds is 8. The number of carboxylic acid groups (broad SMARTS) is 1. The van der Waals surface area contributed by atoms with Crippen molar-refractivity contribution in [3.8, 4) is 0 Å². The van der Waals surface area contributed by atoms with E-state index in [0.29, 0.717) is 11.5 Å². The Bertz CT molecular complexity index is 782. The van der Waals surface area contributed by atoms with E-state index in [4.69, 9.17) is 9.52 Å². The zero-order valence-corrected chi connectivity index (χ0v) is 14.8. The van der Waals surface area contributed by atoms with Gasteiger partial charge in [0.25, 0.3) is 0 Å². The predicted molar refractivity (Wildman–Crippen MR) is 94.7 cm³/mol. The zero-order chi connectivity index (χ0) is 19.1. The Morgan fingerprint density at radius 1 is 1.19 bits per heavy atom. The topological polar surface area (TPSA) is 99.9 Å². The molecule has 2 aromatic rings. The molecule has 0 unspecified atom stereocenters. The van der Waals surface area contributed by atoms with Crippen molar-refractivity contribution in [1.29, 1.82) is 0 Å². The van der Waals surface area contributed by atoms with Crippen LogP contribution in [-0.2, 0) is 22.6 Å². The normalized spacial score (nSPS) is 10.4. The third kappa shape index (κ3) is 5.47. The number of hydrogen-bond acceptors (Lipinski definition) is 4. The second-order valence-corrected chi connectivity index (χ2v) is 6.00. The molecule has 0 saturated carbocycles. The molecule has 1 heterocycles. The predicted octanol–water partition coefficient (Wildman–Crippen LogP) is 1.99. The molecule has 0 spiro atoms. The van der Waals surface area contributed by atoms with Crippen LogP contribution in [0.2, 0.25) is 0 Å². The molecule has 0 aliphatic carbocycles. The van der Waals surface area contributed by atoms with E-state index >= 15 is 0 Å². The number of carboxylic acids is 1. The minimum absolute atomic E-state index is 0.0917. The second kappa shape index (κ2) is 8.84. The van der Waals surface area contributed by atoms with Crippen molar-refractivity contribution in [2.45, 2.75) is 26.3 Å². The number of carbonyl (C=O) groups is 3. The van der Waals surface area contributed by atoms with Gasteiger partial charge in [-0.15, -0.1) is 0 Å². The standard InChI is InChI=1S/C19H22N2O5/c1-13-16(19(24)25)11-15(26-13)12-21(2)18(23)8-9-20-17(22)10-14-6-4-3-5-7-14/h3-7,11H,8-10,12H2,1-2H3,(H,20,22)(H,24,25). The number of aryl methyl sites for hydroxylation is 1. The summed E-state index contributed by atoms with van der Waals surface area (Å²) in [5.74, 6) is -0.659. The van der Waals surface area contributed by atoms with Crippen LogP contribution in [-0.4, -0.2) is 41.4 Å². The van der Waals surface area contributed by atoms with Crippen molar-refractivity contribution in [1.82, 2.24) is 10.2 Å². The lowest BCUT2D eigenvalue weighted by Crippen LogP contribution is -2.32. The first-order valence-corrected chi connectivity index (χ1v) is 8.24. The lowest BCUT2D eigenvalue weighted by atomic mass is 10.1. The average Bonchev–Trinajstić information content (AvgIpc) is 2.96. The van der Waals surface area contributed by atoms with Crippen LogP contribution < -0.4 is 5.32 Å². The molecule has 1 aromatic heterocycles. The highest BCUT2D eigenvalue weighted by molar-refractivity contribution is 5.88. The maximum absolute atomic E-state index is 12.1. The van der Waals surface area contributed by atoms with Crippen LogP contribution in [0.25, 0.3) is 0 Å². The van der Waals surface area contributed by atoms with Crippen LogP contribution in [0.15, 0.2) is 40.8 Å². The fourth-order valence-corrected chi connectivity index (χ4v) is 2.50. The molecular formula is C19H22N2O5. The highest BCUT2D eigenvalue weighted by Gasteiger charge is 2.17. The largest absolute Gasteiger partial charge is 0.478 e. The number of furan rings is 1. The van der Waals surface area contributed by atoms with E-state index in [1.807, 2.05) is 30.3 Å². The minimum atomic E-state index is -1.06.